The number of nitrogens with zero attached hydrogens (tertiary/aromatic N) is 1. The van der Waals surface area contributed by atoms with Gasteiger partial charge in [-0.15, -0.1) is 0 Å². The topological polar surface area (TPSA) is 55.6 Å². The van der Waals surface area contributed by atoms with Gasteiger partial charge in [-0.2, -0.15) is 0 Å². The van der Waals surface area contributed by atoms with Crippen molar-refractivity contribution in [3.8, 4) is 0 Å². The highest BCUT2D eigenvalue weighted by atomic mass is 16.5. The van der Waals surface area contributed by atoms with Gasteiger partial charge in [0.05, 0.1) is 6.61 Å². The summed E-state index contributed by atoms with van der Waals surface area (Å²) < 4.78 is 5.19. The molecule has 0 aromatic carbocycles. The largest absolute Gasteiger partial charge is 0.380 e. The summed E-state index contributed by atoms with van der Waals surface area (Å²) in [6, 6.07) is 0. The van der Waals surface area contributed by atoms with Gasteiger partial charge in [-0.3, -0.25) is 4.79 Å². The lowest BCUT2D eigenvalue weighted by atomic mass is 10.0. The highest BCUT2D eigenvalue weighted by Gasteiger charge is 2.13. The number of ether oxygens (including phenoxy) is 1. The standard InChI is InChI=1S/C11H24N2O2/c1-4-10(9-12)8-11(14)13(3)6-7-15-5-2/h10H,4-9,12H2,1-3H3. The zero-order valence-corrected chi connectivity index (χ0v) is 10.2. The van der Waals surface area contributed by atoms with E-state index in [4.69, 9.17) is 10.5 Å². The number of nitrogens with two attached hydrogens (primary N) is 1. The van der Waals surface area contributed by atoms with Gasteiger partial charge in [-0.05, 0) is 19.4 Å². The Morgan fingerprint density at radius 2 is 2.13 bits per heavy atom. The van der Waals surface area contributed by atoms with Crippen LogP contribution in [0.5, 0.6) is 0 Å². The van der Waals surface area contributed by atoms with Gasteiger partial charge in [0.2, 0.25) is 5.91 Å². The van der Waals surface area contributed by atoms with Gasteiger partial charge in [-0.25, -0.2) is 0 Å². The maximum atomic E-state index is 11.7. The Hall–Kier alpha value is -0.610. The Morgan fingerprint density at radius 3 is 2.60 bits per heavy atom. The molecule has 0 spiro atoms. The van der Waals surface area contributed by atoms with Gasteiger partial charge >= 0.3 is 0 Å². The van der Waals surface area contributed by atoms with Crippen molar-refractivity contribution in [1.29, 1.82) is 0 Å². The second kappa shape index (κ2) is 8.68. The first kappa shape index (κ1) is 14.4. The molecule has 0 fully saturated rings. The van der Waals surface area contributed by atoms with Crippen molar-refractivity contribution >= 4 is 5.91 Å². The minimum absolute atomic E-state index is 0.159. The molecule has 0 radical (unpaired) electrons. The number of carbonyl (C=O) groups excluding carboxylic acids is 1. The van der Waals surface area contributed by atoms with Crippen LogP contribution in [0.15, 0.2) is 0 Å². The lowest BCUT2D eigenvalue weighted by molar-refractivity contribution is -0.131. The third kappa shape index (κ3) is 6.47. The molecule has 0 aliphatic rings. The monoisotopic (exact) mass is 216 g/mol. The predicted molar refractivity (Wildman–Crippen MR) is 61.6 cm³/mol. The molecule has 0 bridgehead atoms. The Balaban J connectivity index is 3.77. The van der Waals surface area contributed by atoms with Crippen LogP contribution < -0.4 is 5.73 Å². The molecule has 0 saturated carbocycles. The van der Waals surface area contributed by atoms with E-state index < -0.39 is 0 Å². The van der Waals surface area contributed by atoms with Crippen molar-refractivity contribution in [1.82, 2.24) is 4.90 Å². The Bertz CT molecular complexity index is 170. The summed E-state index contributed by atoms with van der Waals surface area (Å²) >= 11 is 0. The van der Waals surface area contributed by atoms with Crippen molar-refractivity contribution in [2.75, 3.05) is 33.4 Å². The maximum Gasteiger partial charge on any atom is 0.222 e. The van der Waals surface area contributed by atoms with Crippen molar-refractivity contribution in [2.45, 2.75) is 26.7 Å². The maximum absolute atomic E-state index is 11.7. The Kier molecular flexibility index (Phi) is 8.33. The van der Waals surface area contributed by atoms with E-state index in [2.05, 4.69) is 6.92 Å². The molecule has 0 saturated heterocycles. The quantitative estimate of drug-likeness (QED) is 0.612. The van der Waals surface area contributed by atoms with Gasteiger partial charge < -0.3 is 15.4 Å². The minimum atomic E-state index is 0.159. The lowest BCUT2D eigenvalue weighted by Crippen LogP contribution is -2.32. The summed E-state index contributed by atoms with van der Waals surface area (Å²) in [6.45, 7) is 6.56. The molecule has 0 rings (SSSR count). The zero-order valence-electron chi connectivity index (χ0n) is 10.2. The summed E-state index contributed by atoms with van der Waals surface area (Å²) in [4.78, 5) is 13.4. The zero-order chi connectivity index (χ0) is 11.7. The molecule has 4 nitrogen and oxygen atoms in total. The van der Waals surface area contributed by atoms with E-state index >= 15 is 0 Å². The highest BCUT2D eigenvalue weighted by molar-refractivity contribution is 5.76. The first-order chi connectivity index (χ1) is 7.15. The van der Waals surface area contributed by atoms with E-state index in [1.165, 1.54) is 0 Å². The van der Waals surface area contributed by atoms with Gasteiger partial charge in [-0.1, -0.05) is 13.3 Å². The van der Waals surface area contributed by atoms with Crippen LogP contribution in [0.1, 0.15) is 26.7 Å². The van der Waals surface area contributed by atoms with Gasteiger partial charge in [0.25, 0.3) is 0 Å². The molecule has 0 aliphatic heterocycles. The van der Waals surface area contributed by atoms with Crippen LogP contribution in [0, 0.1) is 5.92 Å². The predicted octanol–water partition coefficient (Wildman–Crippen LogP) is 0.856. The molecule has 1 atom stereocenters. The first-order valence-electron chi connectivity index (χ1n) is 5.67. The van der Waals surface area contributed by atoms with E-state index in [0.717, 1.165) is 6.42 Å². The molecule has 0 heterocycles. The normalized spacial score (nSPS) is 12.5. The summed E-state index contributed by atoms with van der Waals surface area (Å²) in [5.41, 5.74) is 5.56. The number of hydrogen-bond acceptors (Lipinski definition) is 3. The lowest BCUT2D eigenvalue weighted by Gasteiger charge is -2.19. The summed E-state index contributed by atoms with van der Waals surface area (Å²) in [5, 5.41) is 0. The van der Waals surface area contributed by atoms with E-state index in [9.17, 15) is 4.79 Å². The Morgan fingerprint density at radius 1 is 1.47 bits per heavy atom. The fourth-order valence-corrected chi connectivity index (χ4v) is 1.27. The number of likely N-dealkylation sites (N-methyl/N-ethyl adjacent to an activating group) is 1. The molecule has 1 amide bonds. The van der Waals surface area contributed by atoms with E-state index in [0.29, 0.717) is 38.6 Å². The third-order valence-corrected chi connectivity index (χ3v) is 2.57. The fraction of sp³-hybridized carbons (Fsp3) is 0.909. The molecule has 90 valence electrons. The molecular formula is C11H24N2O2. The van der Waals surface area contributed by atoms with Gasteiger partial charge in [0.1, 0.15) is 0 Å². The summed E-state index contributed by atoms with van der Waals surface area (Å²) in [5.74, 6) is 0.471. The smallest absolute Gasteiger partial charge is 0.222 e. The van der Waals surface area contributed by atoms with Crippen molar-refractivity contribution < 1.29 is 9.53 Å². The second-order valence-corrected chi connectivity index (χ2v) is 3.73. The van der Waals surface area contributed by atoms with Crippen LogP contribution in [0.4, 0.5) is 0 Å². The van der Waals surface area contributed by atoms with Gasteiger partial charge in [0.15, 0.2) is 0 Å². The molecule has 0 aromatic heterocycles. The SMILES string of the molecule is CCOCCN(C)C(=O)CC(CC)CN. The highest BCUT2D eigenvalue weighted by Crippen LogP contribution is 2.07. The van der Waals surface area contributed by atoms with Crippen LogP contribution in [-0.2, 0) is 9.53 Å². The van der Waals surface area contributed by atoms with E-state index in [-0.39, 0.29) is 5.91 Å². The van der Waals surface area contributed by atoms with Gasteiger partial charge in [0, 0.05) is 26.6 Å². The van der Waals surface area contributed by atoms with Crippen LogP contribution in [-0.4, -0.2) is 44.2 Å². The molecular weight excluding hydrogens is 192 g/mol. The number of carbonyl (C=O) groups is 1. The first-order valence-corrected chi connectivity index (χ1v) is 5.67. The summed E-state index contributed by atoms with van der Waals surface area (Å²) in [7, 11) is 1.81. The van der Waals surface area contributed by atoms with Crippen LogP contribution in [0.25, 0.3) is 0 Å². The Labute approximate surface area is 92.8 Å². The average Bonchev–Trinajstić information content (AvgIpc) is 2.25. The third-order valence-electron chi connectivity index (χ3n) is 2.57. The van der Waals surface area contributed by atoms with Crippen LogP contribution >= 0.6 is 0 Å². The molecule has 4 heteroatoms. The minimum Gasteiger partial charge on any atom is -0.380 e. The fourth-order valence-electron chi connectivity index (χ4n) is 1.27. The van der Waals surface area contributed by atoms with E-state index in [1.54, 1.807) is 4.90 Å². The van der Waals surface area contributed by atoms with Crippen LogP contribution in [0.3, 0.4) is 0 Å². The molecule has 2 N–H and O–H groups in total. The van der Waals surface area contributed by atoms with Crippen molar-refractivity contribution in [3.05, 3.63) is 0 Å². The molecule has 1 unspecified atom stereocenters. The second-order valence-electron chi connectivity index (χ2n) is 3.73. The molecule has 15 heavy (non-hydrogen) atoms. The number of rotatable bonds is 8. The van der Waals surface area contributed by atoms with Crippen LogP contribution in [0.2, 0.25) is 0 Å². The average molecular weight is 216 g/mol. The number of amides is 1. The molecule has 0 aliphatic carbocycles. The number of hydrogen-bond donors (Lipinski definition) is 1. The van der Waals surface area contributed by atoms with Crippen molar-refractivity contribution in [3.63, 3.8) is 0 Å². The molecule has 0 aromatic rings. The van der Waals surface area contributed by atoms with E-state index in [1.807, 2.05) is 14.0 Å². The summed E-state index contributed by atoms with van der Waals surface area (Å²) in [6.07, 6.45) is 1.51. The van der Waals surface area contributed by atoms with Crippen molar-refractivity contribution in [2.24, 2.45) is 11.7 Å².